The Morgan fingerprint density at radius 3 is 2.62 bits per heavy atom. The van der Waals surface area contributed by atoms with Crippen LogP contribution < -0.4 is 0 Å². The molecule has 0 aliphatic carbocycles. The molecule has 70 valence electrons. The third-order valence-electron chi connectivity index (χ3n) is 2.01. The monoisotopic (exact) mass is 179 g/mol. The lowest BCUT2D eigenvalue weighted by Gasteiger charge is -2.04. The molecule has 13 heavy (non-hydrogen) atoms. The second-order valence-electron chi connectivity index (χ2n) is 2.89. The molecule has 0 amide bonds. The van der Waals surface area contributed by atoms with Crippen LogP contribution in [0.1, 0.15) is 25.0 Å². The predicted octanol–water partition coefficient (Wildman–Crippen LogP) is 2.15. The van der Waals surface area contributed by atoms with Crippen LogP contribution in [0.3, 0.4) is 0 Å². The second kappa shape index (κ2) is 3.94. The number of hydrogen-bond acceptors (Lipinski definition) is 3. The Kier molecular flexibility index (Phi) is 2.90. The quantitative estimate of drug-likeness (QED) is 0.415. The van der Waals surface area contributed by atoms with E-state index in [0.717, 1.165) is 12.0 Å². The standard InChI is InChI=1S/C10H13NO2/c1-3-8-4-5-9(7(2)11-13)10(12)6-8/h4-6,12-13H,3H2,1-2H3/b11-7+. The summed E-state index contributed by atoms with van der Waals surface area (Å²) in [6.07, 6.45) is 0.878. The van der Waals surface area contributed by atoms with Gasteiger partial charge in [-0.3, -0.25) is 0 Å². The van der Waals surface area contributed by atoms with Crippen molar-refractivity contribution >= 4 is 5.71 Å². The first-order chi connectivity index (χ1) is 6.19. The Hall–Kier alpha value is -1.51. The molecule has 0 saturated carbocycles. The van der Waals surface area contributed by atoms with Gasteiger partial charge in [-0.2, -0.15) is 0 Å². The SMILES string of the molecule is CCc1ccc(/C(C)=N/O)c(O)c1. The molecule has 1 aromatic rings. The van der Waals surface area contributed by atoms with E-state index in [1.54, 1.807) is 19.1 Å². The molecule has 1 aromatic carbocycles. The van der Waals surface area contributed by atoms with Crippen molar-refractivity contribution in [3.8, 4) is 5.75 Å². The zero-order valence-electron chi connectivity index (χ0n) is 7.78. The van der Waals surface area contributed by atoms with Crippen LogP contribution >= 0.6 is 0 Å². The molecule has 1 rings (SSSR count). The van der Waals surface area contributed by atoms with Gasteiger partial charge < -0.3 is 10.3 Å². The van der Waals surface area contributed by atoms with Crippen molar-refractivity contribution in [2.45, 2.75) is 20.3 Å². The molecule has 3 heteroatoms. The highest BCUT2D eigenvalue weighted by atomic mass is 16.4. The summed E-state index contributed by atoms with van der Waals surface area (Å²) in [4.78, 5) is 0. The van der Waals surface area contributed by atoms with Crippen molar-refractivity contribution in [3.63, 3.8) is 0 Å². The summed E-state index contributed by atoms with van der Waals surface area (Å²) in [5.74, 6) is 0.162. The van der Waals surface area contributed by atoms with E-state index in [2.05, 4.69) is 5.16 Å². The molecule has 0 spiro atoms. The number of nitrogens with zero attached hydrogens (tertiary/aromatic N) is 1. The molecular weight excluding hydrogens is 166 g/mol. The highest BCUT2D eigenvalue weighted by Crippen LogP contribution is 2.19. The fraction of sp³-hybridized carbons (Fsp3) is 0.300. The van der Waals surface area contributed by atoms with Crippen LogP contribution in [0.15, 0.2) is 23.4 Å². The molecule has 2 N–H and O–H groups in total. The van der Waals surface area contributed by atoms with Crippen molar-refractivity contribution in [2.24, 2.45) is 5.16 Å². The van der Waals surface area contributed by atoms with Crippen molar-refractivity contribution in [3.05, 3.63) is 29.3 Å². The highest BCUT2D eigenvalue weighted by Gasteiger charge is 2.04. The summed E-state index contributed by atoms with van der Waals surface area (Å²) in [5, 5.41) is 21.1. The van der Waals surface area contributed by atoms with Gasteiger partial charge in [-0.1, -0.05) is 18.1 Å². The Balaban J connectivity index is 3.12. The molecule has 0 aliphatic rings. The Bertz CT molecular complexity index is 332. The summed E-state index contributed by atoms with van der Waals surface area (Å²) >= 11 is 0. The van der Waals surface area contributed by atoms with Gasteiger partial charge in [-0.15, -0.1) is 0 Å². The zero-order chi connectivity index (χ0) is 9.84. The number of aromatic hydroxyl groups is 1. The number of hydrogen-bond donors (Lipinski definition) is 2. The van der Waals surface area contributed by atoms with Gasteiger partial charge in [0.25, 0.3) is 0 Å². The second-order valence-corrected chi connectivity index (χ2v) is 2.89. The molecule has 0 bridgehead atoms. The molecule has 3 nitrogen and oxygen atoms in total. The van der Waals surface area contributed by atoms with Crippen LogP contribution in [-0.4, -0.2) is 16.0 Å². The number of benzene rings is 1. The number of aryl methyl sites for hydroxylation is 1. The van der Waals surface area contributed by atoms with Gasteiger partial charge in [0.15, 0.2) is 0 Å². The number of phenols is 1. The van der Waals surface area contributed by atoms with E-state index in [4.69, 9.17) is 5.21 Å². The maximum atomic E-state index is 9.53. The van der Waals surface area contributed by atoms with Gasteiger partial charge in [0.1, 0.15) is 5.75 Å². The summed E-state index contributed by atoms with van der Waals surface area (Å²) in [5.41, 5.74) is 2.05. The third kappa shape index (κ3) is 1.99. The molecule has 0 heterocycles. The van der Waals surface area contributed by atoms with Crippen LogP contribution in [0, 0.1) is 0 Å². The summed E-state index contributed by atoms with van der Waals surface area (Å²) < 4.78 is 0. The fourth-order valence-corrected chi connectivity index (χ4v) is 1.16. The van der Waals surface area contributed by atoms with Crippen LogP contribution in [0.5, 0.6) is 5.75 Å². The van der Waals surface area contributed by atoms with Gasteiger partial charge >= 0.3 is 0 Å². The van der Waals surface area contributed by atoms with E-state index in [1.165, 1.54) is 0 Å². The topological polar surface area (TPSA) is 52.8 Å². The molecule has 0 aromatic heterocycles. The summed E-state index contributed by atoms with van der Waals surface area (Å²) in [7, 11) is 0. The van der Waals surface area contributed by atoms with E-state index < -0.39 is 0 Å². The lowest BCUT2D eigenvalue weighted by molar-refractivity contribution is 0.318. The zero-order valence-corrected chi connectivity index (χ0v) is 7.78. The largest absolute Gasteiger partial charge is 0.507 e. The van der Waals surface area contributed by atoms with E-state index in [-0.39, 0.29) is 5.75 Å². The first kappa shape index (κ1) is 9.58. The molecule has 0 saturated heterocycles. The van der Waals surface area contributed by atoms with E-state index >= 15 is 0 Å². The van der Waals surface area contributed by atoms with Crippen LogP contribution in [0.2, 0.25) is 0 Å². The maximum Gasteiger partial charge on any atom is 0.125 e. The molecule has 0 unspecified atom stereocenters. The van der Waals surface area contributed by atoms with E-state index in [1.807, 2.05) is 13.0 Å². The molecule has 0 fully saturated rings. The van der Waals surface area contributed by atoms with Crippen LogP contribution in [0.25, 0.3) is 0 Å². The smallest absolute Gasteiger partial charge is 0.125 e. The Morgan fingerprint density at radius 2 is 2.15 bits per heavy atom. The molecule has 0 aliphatic heterocycles. The van der Waals surface area contributed by atoms with Gasteiger partial charge in [-0.25, -0.2) is 0 Å². The summed E-state index contributed by atoms with van der Waals surface area (Å²) in [6.45, 7) is 3.65. The Labute approximate surface area is 77.3 Å². The first-order valence-electron chi connectivity index (χ1n) is 4.20. The van der Waals surface area contributed by atoms with Crippen LogP contribution in [0.4, 0.5) is 0 Å². The predicted molar refractivity (Wildman–Crippen MR) is 51.5 cm³/mol. The first-order valence-corrected chi connectivity index (χ1v) is 4.20. The minimum atomic E-state index is 0.162. The van der Waals surface area contributed by atoms with Crippen molar-refractivity contribution in [2.75, 3.05) is 0 Å². The van der Waals surface area contributed by atoms with Crippen LogP contribution in [-0.2, 0) is 6.42 Å². The Morgan fingerprint density at radius 1 is 1.46 bits per heavy atom. The normalized spacial score (nSPS) is 11.7. The van der Waals surface area contributed by atoms with Crippen molar-refractivity contribution < 1.29 is 10.3 Å². The van der Waals surface area contributed by atoms with Gasteiger partial charge in [0, 0.05) is 5.56 Å². The maximum absolute atomic E-state index is 9.53. The van der Waals surface area contributed by atoms with Crippen molar-refractivity contribution in [1.29, 1.82) is 0 Å². The van der Waals surface area contributed by atoms with Gasteiger partial charge in [0.2, 0.25) is 0 Å². The highest BCUT2D eigenvalue weighted by molar-refractivity contribution is 6.00. The average molecular weight is 179 g/mol. The minimum Gasteiger partial charge on any atom is -0.507 e. The molecular formula is C10H13NO2. The lowest BCUT2D eigenvalue weighted by Crippen LogP contribution is -1.95. The minimum absolute atomic E-state index is 0.162. The molecule has 0 atom stereocenters. The lowest BCUT2D eigenvalue weighted by atomic mass is 10.1. The van der Waals surface area contributed by atoms with Crippen molar-refractivity contribution in [1.82, 2.24) is 0 Å². The fourth-order valence-electron chi connectivity index (χ4n) is 1.16. The number of oxime groups is 1. The average Bonchev–Trinajstić information content (AvgIpc) is 2.16. The third-order valence-corrected chi connectivity index (χ3v) is 2.01. The number of rotatable bonds is 2. The number of phenolic OH excluding ortho intramolecular Hbond substituents is 1. The van der Waals surface area contributed by atoms with Gasteiger partial charge in [-0.05, 0) is 31.0 Å². The van der Waals surface area contributed by atoms with Gasteiger partial charge in [0.05, 0.1) is 5.71 Å². The van der Waals surface area contributed by atoms with E-state index in [9.17, 15) is 5.11 Å². The van der Waals surface area contributed by atoms with E-state index in [0.29, 0.717) is 11.3 Å². The summed E-state index contributed by atoms with van der Waals surface area (Å²) in [6, 6.07) is 5.34. The molecule has 0 radical (unpaired) electrons.